The molecule has 0 radical (unpaired) electrons. The van der Waals surface area contributed by atoms with Crippen molar-refractivity contribution in [2.75, 3.05) is 11.5 Å². The summed E-state index contributed by atoms with van der Waals surface area (Å²) in [6, 6.07) is 20.2. The van der Waals surface area contributed by atoms with Gasteiger partial charge in [0.25, 0.3) is 11.8 Å². The van der Waals surface area contributed by atoms with E-state index in [4.69, 9.17) is 33.3 Å². The largest absolute Gasteiger partial charge is 0.490 e. The van der Waals surface area contributed by atoms with Crippen LogP contribution in [0.1, 0.15) is 23.6 Å². The van der Waals surface area contributed by atoms with Crippen LogP contribution in [0.15, 0.2) is 72.3 Å². The molecule has 4 rings (SSSR count). The first-order valence-corrected chi connectivity index (χ1v) is 11.8. The lowest BCUT2D eigenvalue weighted by Crippen LogP contribution is -2.54. The van der Waals surface area contributed by atoms with Crippen molar-refractivity contribution in [2.45, 2.75) is 20.5 Å². The van der Waals surface area contributed by atoms with Crippen molar-refractivity contribution in [3.8, 4) is 11.5 Å². The third-order valence-electron chi connectivity index (χ3n) is 5.22. The molecule has 0 aliphatic carbocycles. The zero-order valence-corrected chi connectivity index (χ0v) is 20.8. The van der Waals surface area contributed by atoms with Crippen LogP contribution in [0.2, 0.25) is 5.02 Å². The van der Waals surface area contributed by atoms with Crippen LogP contribution in [0.4, 0.5) is 5.69 Å². The number of para-hydroxylation sites is 1. The first-order valence-electron chi connectivity index (χ1n) is 11.0. The van der Waals surface area contributed by atoms with Gasteiger partial charge in [-0.15, -0.1) is 0 Å². The molecular formula is C27H23ClN2O4S. The van der Waals surface area contributed by atoms with E-state index in [1.54, 1.807) is 36.4 Å². The molecule has 6 nitrogen and oxygen atoms in total. The molecule has 178 valence electrons. The number of anilines is 1. The second-order valence-electron chi connectivity index (χ2n) is 7.83. The molecule has 3 aromatic carbocycles. The summed E-state index contributed by atoms with van der Waals surface area (Å²) in [5.41, 5.74) is 3.12. The van der Waals surface area contributed by atoms with E-state index in [9.17, 15) is 9.59 Å². The molecule has 0 spiro atoms. The van der Waals surface area contributed by atoms with Crippen LogP contribution in [0, 0.1) is 6.92 Å². The number of carbonyl (C=O) groups is 2. The highest BCUT2D eigenvalue weighted by atomic mass is 35.5. The van der Waals surface area contributed by atoms with Crippen LogP contribution in [-0.4, -0.2) is 23.5 Å². The van der Waals surface area contributed by atoms with Crippen molar-refractivity contribution >= 4 is 52.5 Å². The molecule has 0 unspecified atom stereocenters. The number of benzene rings is 3. The fraction of sp³-hybridized carbons (Fsp3) is 0.148. The first-order chi connectivity index (χ1) is 16.9. The Kier molecular flexibility index (Phi) is 7.48. The molecular weight excluding hydrogens is 484 g/mol. The molecule has 1 aliphatic heterocycles. The van der Waals surface area contributed by atoms with Crippen LogP contribution in [-0.2, 0) is 16.2 Å². The van der Waals surface area contributed by atoms with Gasteiger partial charge < -0.3 is 9.47 Å². The van der Waals surface area contributed by atoms with E-state index in [0.29, 0.717) is 41.0 Å². The summed E-state index contributed by atoms with van der Waals surface area (Å²) in [5, 5.41) is 2.90. The van der Waals surface area contributed by atoms with E-state index in [1.807, 2.05) is 44.2 Å². The number of hydrogen-bond acceptors (Lipinski definition) is 5. The fourth-order valence-electron chi connectivity index (χ4n) is 3.67. The second kappa shape index (κ2) is 10.7. The molecule has 1 fully saturated rings. The predicted octanol–water partition coefficient (Wildman–Crippen LogP) is 5.46. The van der Waals surface area contributed by atoms with Gasteiger partial charge in [-0.1, -0.05) is 59.6 Å². The maximum atomic E-state index is 13.2. The SMILES string of the molecule is CCOc1cc(/C=C2/C(=O)NC(=S)N(c3ccccc3)C2=O)cc(Cl)c1OCc1cccc(C)c1. The third-order valence-corrected chi connectivity index (χ3v) is 5.79. The summed E-state index contributed by atoms with van der Waals surface area (Å²) in [6.45, 7) is 4.55. The Hall–Kier alpha value is -3.68. The van der Waals surface area contributed by atoms with Gasteiger partial charge in [0.2, 0.25) is 0 Å². The number of amides is 2. The lowest BCUT2D eigenvalue weighted by atomic mass is 10.1. The van der Waals surface area contributed by atoms with E-state index >= 15 is 0 Å². The van der Waals surface area contributed by atoms with Crippen LogP contribution in [0.25, 0.3) is 6.08 Å². The number of nitrogens with zero attached hydrogens (tertiary/aromatic N) is 1. The van der Waals surface area contributed by atoms with Gasteiger partial charge in [0.05, 0.1) is 17.3 Å². The van der Waals surface area contributed by atoms with E-state index in [-0.39, 0.29) is 10.7 Å². The number of ether oxygens (including phenoxy) is 2. The number of thiocarbonyl (C=S) groups is 1. The molecule has 1 heterocycles. The van der Waals surface area contributed by atoms with Crippen LogP contribution < -0.4 is 19.7 Å². The van der Waals surface area contributed by atoms with Gasteiger partial charge in [0.15, 0.2) is 16.6 Å². The van der Waals surface area contributed by atoms with Crippen LogP contribution in [0.3, 0.4) is 0 Å². The smallest absolute Gasteiger partial charge is 0.270 e. The van der Waals surface area contributed by atoms with Gasteiger partial charge in [-0.25, -0.2) is 0 Å². The van der Waals surface area contributed by atoms with Crippen molar-refractivity contribution in [1.82, 2.24) is 5.32 Å². The van der Waals surface area contributed by atoms with Crippen LogP contribution in [0.5, 0.6) is 11.5 Å². The fourth-order valence-corrected chi connectivity index (χ4v) is 4.22. The number of nitrogens with one attached hydrogen (secondary N) is 1. The van der Waals surface area contributed by atoms with Crippen LogP contribution >= 0.6 is 23.8 Å². The van der Waals surface area contributed by atoms with Gasteiger partial charge in [-0.05, 0) is 67.5 Å². The highest BCUT2D eigenvalue weighted by Crippen LogP contribution is 2.38. The Morgan fingerprint density at radius 3 is 2.51 bits per heavy atom. The minimum Gasteiger partial charge on any atom is -0.490 e. The zero-order chi connectivity index (χ0) is 24.9. The quantitative estimate of drug-likeness (QED) is 0.262. The molecule has 0 atom stereocenters. The summed E-state index contributed by atoms with van der Waals surface area (Å²) in [4.78, 5) is 27.1. The van der Waals surface area contributed by atoms with Crippen molar-refractivity contribution in [3.63, 3.8) is 0 Å². The second-order valence-corrected chi connectivity index (χ2v) is 8.63. The molecule has 2 amide bonds. The minimum atomic E-state index is -0.582. The predicted molar refractivity (Wildman–Crippen MR) is 141 cm³/mol. The average Bonchev–Trinajstić information content (AvgIpc) is 2.82. The number of halogens is 1. The standard InChI is InChI=1S/C27H23ClN2O4S/c1-3-33-23-15-19(14-22(28)24(23)34-16-18-9-7-8-17(2)12-18)13-21-25(31)29-27(35)30(26(21)32)20-10-5-4-6-11-20/h4-15H,3,16H2,1-2H3,(H,29,31,35)/b21-13-. The van der Waals surface area contributed by atoms with Gasteiger partial charge in [-0.3, -0.25) is 19.8 Å². The molecule has 1 N–H and O–H groups in total. The van der Waals surface area contributed by atoms with Crippen molar-refractivity contribution in [2.24, 2.45) is 0 Å². The summed E-state index contributed by atoms with van der Waals surface area (Å²) in [6.07, 6.45) is 1.47. The topological polar surface area (TPSA) is 67.9 Å². The summed E-state index contributed by atoms with van der Waals surface area (Å²) in [7, 11) is 0. The van der Waals surface area contributed by atoms with E-state index < -0.39 is 11.8 Å². The summed E-state index contributed by atoms with van der Waals surface area (Å²) < 4.78 is 11.8. The van der Waals surface area contributed by atoms with E-state index in [0.717, 1.165) is 11.1 Å². The summed E-state index contributed by atoms with van der Waals surface area (Å²) in [5.74, 6) is -0.304. The van der Waals surface area contributed by atoms with E-state index in [1.165, 1.54) is 11.0 Å². The summed E-state index contributed by atoms with van der Waals surface area (Å²) >= 11 is 11.8. The molecule has 35 heavy (non-hydrogen) atoms. The molecule has 0 bridgehead atoms. The Morgan fingerprint density at radius 2 is 1.80 bits per heavy atom. The lowest BCUT2D eigenvalue weighted by Gasteiger charge is -2.28. The molecule has 8 heteroatoms. The Morgan fingerprint density at radius 1 is 1.03 bits per heavy atom. The van der Waals surface area contributed by atoms with Gasteiger partial charge >= 0.3 is 0 Å². The van der Waals surface area contributed by atoms with E-state index in [2.05, 4.69) is 5.32 Å². The maximum absolute atomic E-state index is 13.2. The third kappa shape index (κ3) is 5.53. The van der Waals surface area contributed by atoms with Crippen molar-refractivity contribution in [1.29, 1.82) is 0 Å². The monoisotopic (exact) mass is 506 g/mol. The number of hydrogen-bond donors (Lipinski definition) is 1. The average molecular weight is 507 g/mol. The molecule has 3 aromatic rings. The van der Waals surface area contributed by atoms with Gasteiger partial charge in [-0.2, -0.15) is 0 Å². The highest BCUT2D eigenvalue weighted by molar-refractivity contribution is 7.80. The number of rotatable bonds is 7. The lowest BCUT2D eigenvalue weighted by molar-refractivity contribution is -0.122. The Labute approximate surface area is 214 Å². The van der Waals surface area contributed by atoms with Gasteiger partial charge in [0.1, 0.15) is 12.2 Å². The van der Waals surface area contributed by atoms with Gasteiger partial charge in [0, 0.05) is 0 Å². The maximum Gasteiger partial charge on any atom is 0.270 e. The molecule has 0 saturated carbocycles. The minimum absolute atomic E-state index is 0.0243. The number of carbonyl (C=O) groups excluding carboxylic acids is 2. The number of aryl methyl sites for hydroxylation is 1. The normalized spacial score (nSPS) is 14.8. The zero-order valence-electron chi connectivity index (χ0n) is 19.2. The van der Waals surface area contributed by atoms with Crippen molar-refractivity contribution in [3.05, 3.63) is 94.0 Å². The first kappa shape index (κ1) is 24.4. The molecule has 1 aliphatic rings. The molecule has 1 saturated heterocycles. The Bertz CT molecular complexity index is 1320. The Balaban J connectivity index is 1.66. The highest BCUT2D eigenvalue weighted by Gasteiger charge is 2.34. The van der Waals surface area contributed by atoms with Crippen molar-refractivity contribution < 1.29 is 19.1 Å². The molecule has 0 aromatic heterocycles.